The van der Waals surface area contributed by atoms with E-state index in [-0.39, 0.29) is 29.0 Å². The lowest BCUT2D eigenvalue weighted by atomic mass is 10.0. The summed E-state index contributed by atoms with van der Waals surface area (Å²) in [5.74, 6) is -0.249. The molecule has 3 heterocycles. The summed E-state index contributed by atoms with van der Waals surface area (Å²) < 4.78 is 15.1. The Morgan fingerprint density at radius 2 is 1.90 bits per heavy atom. The molecule has 0 bridgehead atoms. The highest BCUT2D eigenvalue weighted by molar-refractivity contribution is 6.34. The summed E-state index contributed by atoms with van der Waals surface area (Å²) in [5.41, 5.74) is 14.6. The number of hydrogen-bond acceptors (Lipinski definition) is 8. The van der Waals surface area contributed by atoms with Gasteiger partial charge in [-0.2, -0.15) is 20.3 Å². The SMILES string of the molecule is Cc1nn2cc([C@H](C)Nc3nc(N)nc(N)c3C#N)c(-c3ccc(F)cc3)nc2c1Cl. The second-order valence-electron chi connectivity index (χ2n) is 6.89. The number of nitrogens with one attached hydrogen (secondary N) is 1. The van der Waals surface area contributed by atoms with E-state index < -0.39 is 6.04 Å². The molecule has 0 spiro atoms. The standard InChI is InChI=1S/C20H17ClFN9/c1-9(26-18-13(7-23)17(24)28-20(25)29-18)14-8-31-19(15(21)10(2)30-31)27-16(14)11-3-5-12(22)6-4-11/h3-6,8-9H,1-2H3,(H5,24,25,26,28,29)/t9-/m0/s1. The van der Waals surface area contributed by atoms with Crippen LogP contribution in [0.5, 0.6) is 0 Å². The zero-order chi connectivity index (χ0) is 22.3. The van der Waals surface area contributed by atoms with Gasteiger partial charge in [0.25, 0.3) is 0 Å². The predicted octanol–water partition coefficient (Wildman–Crippen LogP) is 3.50. The number of aryl methyl sites for hydroxylation is 1. The van der Waals surface area contributed by atoms with Gasteiger partial charge in [0.15, 0.2) is 11.5 Å². The van der Waals surface area contributed by atoms with Crippen LogP contribution >= 0.6 is 11.6 Å². The average molecular weight is 438 g/mol. The van der Waals surface area contributed by atoms with Gasteiger partial charge in [-0.1, -0.05) is 11.6 Å². The molecule has 4 aromatic rings. The monoisotopic (exact) mass is 437 g/mol. The Kier molecular flexibility index (Phi) is 5.04. The largest absolute Gasteiger partial charge is 0.382 e. The molecule has 5 N–H and O–H groups in total. The maximum Gasteiger partial charge on any atom is 0.224 e. The van der Waals surface area contributed by atoms with Crippen LogP contribution in [-0.2, 0) is 0 Å². The molecule has 3 aromatic heterocycles. The molecule has 0 radical (unpaired) electrons. The van der Waals surface area contributed by atoms with E-state index in [1.807, 2.05) is 13.0 Å². The van der Waals surface area contributed by atoms with Crippen LogP contribution in [0.4, 0.5) is 22.0 Å². The minimum absolute atomic E-state index is 0.0217. The van der Waals surface area contributed by atoms with Crippen LogP contribution in [-0.4, -0.2) is 24.6 Å². The Labute approximate surface area is 181 Å². The van der Waals surface area contributed by atoms with Gasteiger partial charge in [0, 0.05) is 17.3 Å². The molecule has 0 saturated carbocycles. The van der Waals surface area contributed by atoms with E-state index in [4.69, 9.17) is 28.1 Å². The number of fused-ring (bicyclic) bond motifs is 1. The second-order valence-corrected chi connectivity index (χ2v) is 7.27. The highest BCUT2D eigenvalue weighted by Crippen LogP contribution is 2.32. The maximum absolute atomic E-state index is 13.5. The summed E-state index contributed by atoms with van der Waals surface area (Å²) in [4.78, 5) is 12.6. The van der Waals surface area contributed by atoms with E-state index >= 15 is 0 Å². The highest BCUT2D eigenvalue weighted by atomic mass is 35.5. The average Bonchev–Trinajstić information content (AvgIpc) is 3.00. The van der Waals surface area contributed by atoms with Crippen molar-refractivity contribution in [2.24, 2.45) is 0 Å². The van der Waals surface area contributed by atoms with Crippen molar-refractivity contribution in [1.82, 2.24) is 24.6 Å². The number of aromatic nitrogens is 5. The number of nitrogens with zero attached hydrogens (tertiary/aromatic N) is 6. The predicted molar refractivity (Wildman–Crippen MR) is 116 cm³/mol. The number of nitrogens with two attached hydrogens (primary N) is 2. The van der Waals surface area contributed by atoms with Crippen molar-refractivity contribution in [2.45, 2.75) is 19.9 Å². The van der Waals surface area contributed by atoms with Crippen LogP contribution in [0.25, 0.3) is 16.9 Å². The van der Waals surface area contributed by atoms with Crippen LogP contribution in [0.1, 0.15) is 29.8 Å². The van der Waals surface area contributed by atoms with Crippen molar-refractivity contribution < 1.29 is 4.39 Å². The van der Waals surface area contributed by atoms with Gasteiger partial charge < -0.3 is 16.8 Å². The summed E-state index contributed by atoms with van der Waals surface area (Å²) >= 11 is 6.36. The third-order valence-electron chi connectivity index (χ3n) is 4.74. The first kappa shape index (κ1) is 20.3. The van der Waals surface area contributed by atoms with Gasteiger partial charge in [-0.25, -0.2) is 13.9 Å². The molecule has 0 aliphatic rings. The van der Waals surface area contributed by atoms with Gasteiger partial charge in [-0.15, -0.1) is 0 Å². The quantitative estimate of drug-likeness (QED) is 0.440. The fourth-order valence-electron chi connectivity index (χ4n) is 3.22. The number of anilines is 3. The molecule has 0 unspecified atom stereocenters. The summed E-state index contributed by atoms with van der Waals surface area (Å²) in [6.45, 7) is 3.63. The van der Waals surface area contributed by atoms with Crippen LogP contribution in [0, 0.1) is 24.1 Å². The normalized spacial score (nSPS) is 12.0. The number of halogens is 2. The zero-order valence-corrected chi connectivity index (χ0v) is 17.3. The van der Waals surface area contributed by atoms with Crippen molar-refractivity contribution in [1.29, 1.82) is 5.26 Å². The lowest BCUT2D eigenvalue weighted by molar-refractivity contribution is 0.628. The van der Waals surface area contributed by atoms with E-state index in [0.29, 0.717) is 33.2 Å². The maximum atomic E-state index is 13.5. The number of benzene rings is 1. The first-order valence-electron chi connectivity index (χ1n) is 9.19. The van der Waals surface area contributed by atoms with Crippen LogP contribution in [0.15, 0.2) is 30.5 Å². The summed E-state index contributed by atoms with van der Waals surface area (Å²) in [7, 11) is 0. The number of nitriles is 1. The first-order valence-corrected chi connectivity index (χ1v) is 9.57. The molecule has 0 saturated heterocycles. The van der Waals surface area contributed by atoms with Crippen molar-refractivity contribution in [3.63, 3.8) is 0 Å². The number of hydrogen-bond donors (Lipinski definition) is 3. The van der Waals surface area contributed by atoms with E-state index in [1.165, 1.54) is 12.1 Å². The van der Waals surface area contributed by atoms with Gasteiger partial charge >= 0.3 is 0 Å². The van der Waals surface area contributed by atoms with Gasteiger partial charge in [0.05, 0.1) is 17.4 Å². The Hall–Kier alpha value is -3.97. The smallest absolute Gasteiger partial charge is 0.224 e. The van der Waals surface area contributed by atoms with E-state index in [0.717, 1.165) is 0 Å². The third kappa shape index (κ3) is 3.67. The molecular formula is C20H17ClFN9. The fraction of sp³-hybridized carbons (Fsp3) is 0.150. The number of rotatable bonds is 4. The Bertz CT molecular complexity index is 1340. The summed E-state index contributed by atoms with van der Waals surface area (Å²) in [6, 6.07) is 7.53. The molecular weight excluding hydrogens is 421 g/mol. The van der Waals surface area contributed by atoms with E-state index in [1.54, 1.807) is 29.8 Å². The van der Waals surface area contributed by atoms with Crippen LogP contribution < -0.4 is 16.8 Å². The van der Waals surface area contributed by atoms with Crippen LogP contribution in [0.3, 0.4) is 0 Å². The Balaban J connectivity index is 1.87. The van der Waals surface area contributed by atoms with Crippen molar-refractivity contribution in [2.75, 3.05) is 16.8 Å². The Morgan fingerprint density at radius 1 is 1.19 bits per heavy atom. The number of nitrogen functional groups attached to an aromatic ring is 2. The van der Waals surface area contributed by atoms with Gasteiger partial charge in [-0.05, 0) is 38.1 Å². The molecule has 0 aliphatic carbocycles. The van der Waals surface area contributed by atoms with E-state index in [2.05, 4.69) is 20.4 Å². The lowest BCUT2D eigenvalue weighted by Gasteiger charge is -2.19. The van der Waals surface area contributed by atoms with Gasteiger partial charge in [0.2, 0.25) is 5.95 Å². The van der Waals surface area contributed by atoms with Gasteiger partial charge in [0.1, 0.15) is 28.3 Å². The molecule has 1 aromatic carbocycles. The lowest BCUT2D eigenvalue weighted by Crippen LogP contribution is -2.15. The Morgan fingerprint density at radius 3 is 2.58 bits per heavy atom. The minimum Gasteiger partial charge on any atom is -0.382 e. The van der Waals surface area contributed by atoms with Crippen LogP contribution in [0.2, 0.25) is 5.02 Å². The third-order valence-corrected chi connectivity index (χ3v) is 5.19. The summed E-state index contributed by atoms with van der Waals surface area (Å²) in [5, 5.41) is 17.4. The minimum atomic E-state index is -0.416. The van der Waals surface area contributed by atoms with E-state index in [9.17, 15) is 9.65 Å². The molecule has 4 rings (SSSR count). The molecule has 11 heteroatoms. The molecule has 0 fully saturated rings. The molecule has 1 atom stereocenters. The summed E-state index contributed by atoms with van der Waals surface area (Å²) in [6.07, 6.45) is 1.78. The first-order chi connectivity index (χ1) is 14.8. The molecule has 0 aliphatic heterocycles. The second kappa shape index (κ2) is 7.70. The van der Waals surface area contributed by atoms with Crippen molar-refractivity contribution in [3.8, 4) is 17.3 Å². The van der Waals surface area contributed by atoms with Crippen molar-refractivity contribution >= 4 is 34.8 Å². The molecule has 9 nitrogen and oxygen atoms in total. The van der Waals surface area contributed by atoms with Crippen molar-refractivity contribution in [3.05, 3.63) is 58.1 Å². The fourth-order valence-corrected chi connectivity index (χ4v) is 3.38. The molecule has 0 amide bonds. The zero-order valence-electron chi connectivity index (χ0n) is 16.6. The molecule has 156 valence electrons. The molecule has 31 heavy (non-hydrogen) atoms. The van der Waals surface area contributed by atoms with Gasteiger partial charge in [-0.3, -0.25) is 0 Å². The highest BCUT2D eigenvalue weighted by Gasteiger charge is 2.21. The topological polar surface area (TPSA) is 144 Å².